The van der Waals surface area contributed by atoms with E-state index in [0.717, 1.165) is 129 Å². The van der Waals surface area contributed by atoms with Crippen LogP contribution in [0, 0.1) is 35.5 Å². The van der Waals surface area contributed by atoms with Gasteiger partial charge in [-0.25, -0.2) is 0 Å². The molecule has 0 aromatic carbocycles. The van der Waals surface area contributed by atoms with Crippen LogP contribution in [0.3, 0.4) is 0 Å². The topological polar surface area (TPSA) is 181 Å². The molecule has 2 rings (SSSR count). The van der Waals surface area contributed by atoms with Gasteiger partial charge in [0.15, 0.2) is 0 Å². The van der Waals surface area contributed by atoms with Gasteiger partial charge in [-0.15, -0.1) is 0 Å². The maximum Gasteiger partial charge on any atom is 0.308 e. The third-order valence-electron chi connectivity index (χ3n) is 17.7. The molecule has 0 aliphatic heterocycles. The SMILES string of the molecule is CCCCCCCCCCCC(=O)OCC(COC(=O)CCCCCN(CCO)CCCCCC(=O)OCC(COC(=O)CCCCCCCCCCC)COC(=O)C1CCC(CCCCC)CC1)COC(=O)C1CCC(CCCCC)CC1. The van der Waals surface area contributed by atoms with E-state index < -0.39 is 11.8 Å². The van der Waals surface area contributed by atoms with Crippen LogP contribution in [-0.4, -0.2) is 112 Å². The van der Waals surface area contributed by atoms with Gasteiger partial charge in [0.1, 0.15) is 39.6 Å². The van der Waals surface area contributed by atoms with Crippen LogP contribution in [0.25, 0.3) is 0 Å². The maximum atomic E-state index is 13.2. The molecular formula is C70H127NO13. The molecule has 2 saturated carbocycles. The molecule has 490 valence electrons. The summed E-state index contributed by atoms with van der Waals surface area (Å²) in [6.07, 6.45) is 44.1. The molecule has 14 nitrogen and oxygen atoms in total. The molecule has 14 heteroatoms. The van der Waals surface area contributed by atoms with Crippen molar-refractivity contribution in [3.63, 3.8) is 0 Å². The molecule has 2 aliphatic rings. The third kappa shape index (κ3) is 42.6. The fraction of sp³-hybridized carbons (Fsp3) is 0.914. The first-order valence-corrected chi connectivity index (χ1v) is 35.3. The van der Waals surface area contributed by atoms with Crippen molar-refractivity contribution in [2.75, 3.05) is 65.9 Å². The van der Waals surface area contributed by atoms with Crippen LogP contribution >= 0.6 is 0 Å². The zero-order valence-electron chi connectivity index (χ0n) is 54.4. The predicted octanol–water partition coefficient (Wildman–Crippen LogP) is 16.5. The Bertz CT molecular complexity index is 1510. The molecule has 1 N–H and O–H groups in total. The number of unbranched alkanes of at least 4 members (excludes halogenated alkanes) is 24. The van der Waals surface area contributed by atoms with Crippen LogP contribution in [0.4, 0.5) is 0 Å². The van der Waals surface area contributed by atoms with Crippen molar-refractivity contribution in [1.82, 2.24) is 4.90 Å². The van der Waals surface area contributed by atoms with Crippen molar-refractivity contribution in [2.24, 2.45) is 35.5 Å². The zero-order chi connectivity index (χ0) is 60.9. The Labute approximate surface area is 512 Å². The lowest BCUT2D eigenvalue weighted by molar-refractivity contribution is -0.159. The van der Waals surface area contributed by atoms with Crippen LogP contribution in [0.5, 0.6) is 0 Å². The average Bonchev–Trinajstić information content (AvgIpc) is 3.55. The monoisotopic (exact) mass is 1190 g/mol. The molecule has 0 heterocycles. The molecule has 2 fully saturated rings. The van der Waals surface area contributed by atoms with E-state index in [2.05, 4.69) is 32.6 Å². The molecular weight excluding hydrogens is 1060 g/mol. The Morgan fingerprint density at radius 1 is 0.333 bits per heavy atom. The summed E-state index contributed by atoms with van der Waals surface area (Å²) >= 11 is 0. The lowest BCUT2D eigenvalue weighted by atomic mass is 9.80. The van der Waals surface area contributed by atoms with Crippen molar-refractivity contribution < 1.29 is 62.3 Å². The van der Waals surface area contributed by atoms with Crippen molar-refractivity contribution in [2.45, 2.75) is 310 Å². The molecule has 0 saturated heterocycles. The summed E-state index contributed by atoms with van der Waals surface area (Å²) in [5, 5.41) is 9.80. The van der Waals surface area contributed by atoms with Gasteiger partial charge in [0, 0.05) is 32.2 Å². The van der Waals surface area contributed by atoms with Crippen molar-refractivity contribution >= 4 is 35.8 Å². The minimum absolute atomic E-state index is 0.0118. The van der Waals surface area contributed by atoms with Gasteiger partial charge < -0.3 is 38.4 Å². The predicted molar refractivity (Wildman–Crippen MR) is 336 cm³/mol. The molecule has 2 atom stereocenters. The number of esters is 6. The highest BCUT2D eigenvalue weighted by Gasteiger charge is 2.30. The normalized spacial score (nSPS) is 17.8. The van der Waals surface area contributed by atoms with Crippen LogP contribution < -0.4 is 0 Å². The van der Waals surface area contributed by atoms with Crippen molar-refractivity contribution in [3.05, 3.63) is 0 Å². The first-order chi connectivity index (χ1) is 41.0. The van der Waals surface area contributed by atoms with E-state index in [9.17, 15) is 33.9 Å². The average molecular weight is 1190 g/mol. The Morgan fingerprint density at radius 2 is 0.595 bits per heavy atom. The second-order valence-electron chi connectivity index (χ2n) is 25.5. The maximum absolute atomic E-state index is 13.2. The molecule has 0 radical (unpaired) electrons. The van der Waals surface area contributed by atoms with Crippen LogP contribution in [0.15, 0.2) is 0 Å². The Hall–Kier alpha value is -3.26. The van der Waals surface area contributed by atoms with E-state index in [-0.39, 0.29) is 107 Å². The van der Waals surface area contributed by atoms with Gasteiger partial charge in [0.2, 0.25) is 0 Å². The minimum atomic E-state index is -0.440. The van der Waals surface area contributed by atoms with Gasteiger partial charge in [0.05, 0.1) is 30.3 Å². The fourth-order valence-corrected chi connectivity index (χ4v) is 12.0. The summed E-state index contributed by atoms with van der Waals surface area (Å²) in [6.45, 7) is 11.2. The van der Waals surface area contributed by atoms with Crippen LogP contribution in [0.1, 0.15) is 310 Å². The standard InChI is InChI=1S/C70H127NO13/c1-5-9-13-15-17-19-21-23-29-37-65(73)79-53-61(57-83-69(77)63-45-41-59(42-46-63)35-27-11-7-3)55-81-67(75)39-31-25-33-49-71(51-52-72)50-34-26-32-40-68(76)82-56-62(54-80-66(74)38-30-24-22-20-18-16-14-10-6-2)58-84-70(78)64-47-43-60(44-48-64)36-28-12-8-4/h59-64,72H,5-58H2,1-4H3. The van der Waals surface area contributed by atoms with E-state index in [1.807, 2.05) is 0 Å². The third-order valence-corrected chi connectivity index (χ3v) is 17.7. The van der Waals surface area contributed by atoms with Crippen LogP contribution in [0.2, 0.25) is 0 Å². The summed E-state index contributed by atoms with van der Waals surface area (Å²) in [7, 11) is 0. The van der Waals surface area contributed by atoms with Gasteiger partial charge in [-0.05, 0) is 115 Å². The fourth-order valence-electron chi connectivity index (χ4n) is 12.0. The summed E-state index contributed by atoms with van der Waals surface area (Å²) < 4.78 is 34.3. The lowest BCUT2D eigenvalue weighted by Crippen LogP contribution is -2.30. The quantitative estimate of drug-likeness (QED) is 0.0345. The molecule has 0 bridgehead atoms. The summed E-state index contributed by atoms with van der Waals surface area (Å²) in [4.78, 5) is 79.9. The Morgan fingerprint density at radius 3 is 0.893 bits per heavy atom. The molecule has 2 unspecified atom stereocenters. The van der Waals surface area contributed by atoms with Crippen molar-refractivity contribution in [3.8, 4) is 0 Å². The zero-order valence-corrected chi connectivity index (χ0v) is 54.4. The number of nitrogens with zero attached hydrogens (tertiary/aromatic N) is 1. The summed E-state index contributed by atoms with van der Waals surface area (Å²) in [6, 6.07) is 0. The van der Waals surface area contributed by atoms with Crippen molar-refractivity contribution in [1.29, 1.82) is 0 Å². The minimum Gasteiger partial charge on any atom is -0.465 e. The number of ether oxygens (including phenoxy) is 6. The molecule has 0 aromatic rings. The number of hydrogen-bond acceptors (Lipinski definition) is 14. The molecule has 2 aliphatic carbocycles. The van der Waals surface area contributed by atoms with E-state index in [1.54, 1.807) is 0 Å². The molecule has 0 amide bonds. The number of aliphatic hydroxyl groups is 1. The lowest BCUT2D eigenvalue weighted by Gasteiger charge is -2.27. The summed E-state index contributed by atoms with van der Waals surface area (Å²) in [5.74, 6) is -1.36. The number of carbonyl (C=O) groups is 6. The van der Waals surface area contributed by atoms with Gasteiger partial charge in [-0.1, -0.05) is 195 Å². The van der Waals surface area contributed by atoms with Gasteiger partial charge in [-0.2, -0.15) is 0 Å². The smallest absolute Gasteiger partial charge is 0.308 e. The number of aliphatic hydroxyl groups excluding tert-OH is 1. The second-order valence-corrected chi connectivity index (χ2v) is 25.5. The largest absolute Gasteiger partial charge is 0.465 e. The highest BCUT2D eigenvalue weighted by atomic mass is 16.6. The molecule has 0 aromatic heterocycles. The number of rotatable bonds is 56. The van der Waals surface area contributed by atoms with Crippen LogP contribution in [-0.2, 0) is 57.2 Å². The van der Waals surface area contributed by atoms with E-state index >= 15 is 0 Å². The number of carbonyl (C=O) groups excluding carboxylic acids is 6. The number of hydrogen-bond donors (Lipinski definition) is 1. The first-order valence-electron chi connectivity index (χ1n) is 35.3. The van der Waals surface area contributed by atoms with E-state index in [0.29, 0.717) is 44.1 Å². The van der Waals surface area contributed by atoms with E-state index in [1.165, 1.54) is 128 Å². The Kier molecular flexibility index (Phi) is 49.3. The highest BCUT2D eigenvalue weighted by Crippen LogP contribution is 2.34. The second kappa shape index (κ2) is 53.9. The summed E-state index contributed by atoms with van der Waals surface area (Å²) in [5.41, 5.74) is 0. The molecule has 0 spiro atoms. The van der Waals surface area contributed by atoms with Gasteiger partial charge in [-0.3, -0.25) is 28.8 Å². The Balaban J connectivity index is 1.75. The molecule has 84 heavy (non-hydrogen) atoms. The highest BCUT2D eigenvalue weighted by molar-refractivity contribution is 5.73. The van der Waals surface area contributed by atoms with E-state index in [4.69, 9.17) is 28.4 Å². The van der Waals surface area contributed by atoms with Gasteiger partial charge >= 0.3 is 35.8 Å². The van der Waals surface area contributed by atoms with Gasteiger partial charge in [0.25, 0.3) is 0 Å². The first kappa shape index (κ1) is 76.8.